The fraction of sp³-hybridized carbons (Fsp3) is 0.462. The monoisotopic (exact) mass is 286 g/mol. The molecule has 0 aromatic heterocycles. The first-order valence-corrected chi connectivity index (χ1v) is 6.89. The second kappa shape index (κ2) is 5.87. The van der Waals surface area contributed by atoms with Crippen LogP contribution in [0.25, 0.3) is 0 Å². The van der Waals surface area contributed by atoms with Crippen molar-refractivity contribution in [1.82, 2.24) is 4.72 Å². The number of nitrogens with one attached hydrogen (secondary N) is 1. The Bertz CT molecular complexity index is 509. The molecular formula is C13H16F2N2OS. The molecule has 1 unspecified atom stereocenters. The molecule has 2 atom stereocenters. The lowest BCUT2D eigenvalue weighted by molar-refractivity contribution is 0.481. The van der Waals surface area contributed by atoms with Gasteiger partial charge in [0.15, 0.2) is 11.6 Å². The fourth-order valence-corrected chi connectivity index (χ4v) is 2.19. The van der Waals surface area contributed by atoms with E-state index in [0.717, 1.165) is 6.07 Å². The van der Waals surface area contributed by atoms with E-state index in [1.165, 1.54) is 6.07 Å². The largest absolute Gasteiger partial charge is 0.598 e. The van der Waals surface area contributed by atoms with Crippen molar-refractivity contribution in [2.45, 2.75) is 38.5 Å². The lowest BCUT2D eigenvalue weighted by Crippen LogP contribution is -2.40. The van der Waals surface area contributed by atoms with Crippen molar-refractivity contribution >= 4 is 11.4 Å². The molecule has 0 spiro atoms. The van der Waals surface area contributed by atoms with Gasteiger partial charge in [0.2, 0.25) is 0 Å². The summed E-state index contributed by atoms with van der Waals surface area (Å²) in [5.74, 6) is -2.10. The molecule has 0 saturated heterocycles. The quantitative estimate of drug-likeness (QED) is 0.869. The van der Waals surface area contributed by atoms with Gasteiger partial charge < -0.3 is 4.55 Å². The lowest BCUT2D eigenvalue weighted by atomic mass is 10.1. The summed E-state index contributed by atoms with van der Waals surface area (Å²) >= 11 is -1.41. The van der Waals surface area contributed by atoms with Crippen LogP contribution in [0.2, 0.25) is 0 Å². The number of hydrogen-bond acceptors (Lipinski definition) is 3. The van der Waals surface area contributed by atoms with E-state index in [1.54, 1.807) is 33.8 Å². The van der Waals surface area contributed by atoms with Crippen molar-refractivity contribution in [2.24, 2.45) is 0 Å². The van der Waals surface area contributed by atoms with E-state index in [0.29, 0.717) is 0 Å². The Morgan fingerprint density at radius 2 is 1.95 bits per heavy atom. The highest BCUT2D eigenvalue weighted by Gasteiger charge is 2.29. The molecule has 0 heterocycles. The van der Waals surface area contributed by atoms with Crippen LogP contribution in [0.5, 0.6) is 0 Å². The first-order chi connectivity index (χ1) is 8.66. The maximum absolute atomic E-state index is 13.7. The molecule has 0 bridgehead atoms. The minimum absolute atomic E-state index is 0.00542. The molecule has 0 saturated carbocycles. The second-order valence-corrected chi connectivity index (χ2v) is 7.19. The number of benzene rings is 1. The van der Waals surface area contributed by atoms with Gasteiger partial charge in [-0.05, 0) is 39.8 Å². The average molecular weight is 286 g/mol. The molecule has 19 heavy (non-hydrogen) atoms. The summed E-state index contributed by atoms with van der Waals surface area (Å²) in [6.45, 7) is 6.88. The van der Waals surface area contributed by atoms with Crippen LogP contribution in [0.4, 0.5) is 8.78 Å². The van der Waals surface area contributed by atoms with Crippen LogP contribution in [-0.4, -0.2) is 9.30 Å². The third-order valence-corrected chi connectivity index (χ3v) is 4.17. The molecular weight excluding hydrogens is 270 g/mol. The normalized spacial score (nSPS) is 14.8. The van der Waals surface area contributed by atoms with Gasteiger partial charge in [-0.1, -0.05) is 0 Å². The van der Waals surface area contributed by atoms with Gasteiger partial charge in [-0.3, -0.25) is 0 Å². The van der Waals surface area contributed by atoms with E-state index in [2.05, 4.69) is 4.72 Å². The molecule has 0 radical (unpaired) electrons. The average Bonchev–Trinajstić information content (AvgIpc) is 2.30. The predicted molar refractivity (Wildman–Crippen MR) is 70.5 cm³/mol. The Labute approximate surface area is 114 Å². The molecule has 1 rings (SSSR count). The summed E-state index contributed by atoms with van der Waals surface area (Å²) in [7, 11) is 0. The standard InChI is InChI=1S/C13H16F2N2OS/c1-8(17-19(18)13(2,3)4)10-5-9(7-16)6-11(14)12(10)15/h5-6,8,17H,1-4H3/t8?,19-/m0/s1. The number of rotatable bonds is 3. The summed E-state index contributed by atoms with van der Waals surface area (Å²) in [5, 5.41) is 8.75. The highest BCUT2D eigenvalue weighted by atomic mass is 32.2. The third kappa shape index (κ3) is 3.90. The molecule has 0 amide bonds. The summed E-state index contributed by atoms with van der Waals surface area (Å²) < 4.78 is 41.1. The highest BCUT2D eigenvalue weighted by molar-refractivity contribution is 7.90. The molecule has 104 valence electrons. The minimum atomic E-state index is -1.41. The zero-order chi connectivity index (χ0) is 14.8. The Hall–Kier alpha value is -1.16. The molecule has 0 aliphatic rings. The molecule has 0 aliphatic carbocycles. The topological polar surface area (TPSA) is 58.9 Å². The Kier molecular flexibility index (Phi) is 4.91. The highest BCUT2D eigenvalue weighted by Crippen LogP contribution is 2.24. The van der Waals surface area contributed by atoms with Crippen LogP contribution >= 0.6 is 0 Å². The molecule has 3 nitrogen and oxygen atoms in total. The summed E-state index contributed by atoms with van der Waals surface area (Å²) in [6.07, 6.45) is 0. The van der Waals surface area contributed by atoms with Crippen molar-refractivity contribution in [3.8, 4) is 6.07 Å². The van der Waals surface area contributed by atoms with Crippen molar-refractivity contribution in [3.05, 3.63) is 34.9 Å². The molecule has 1 aromatic carbocycles. The zero-order valence-electron chi connectivity index (χ0n) is 11.3. The minimum Gasteiger partial charge on any atom is -0.598 e. The molecule has 1 N–H and O–H groups in total. The van der Waals surface area contributed by atoms with Crippen LogP contribution in [-0.2, 0) is 11.4 Å². The smallest absolute Gasteiger partial charge is 0.163 e. The van der Waals surface area contributed by atoms with Crippen molar-refractivity contribution in [2.75, 3.05) is 0 Å². The van der Waals surface area contributed by atoms with E-state index in [-0.39, 0.29) is 11.1 Å². The Balaban J connectivity index is 3.04. The van der Waals surface area contributed by atoms with Crippen molar-refractivity contribution in [3.63, 3.8) is 0 Å². The van der Waals surface area contributed by atoms with Gasteiger partial charge in [0.1, 0.15) is 4.75 Å². The number of nitriles is 1. The second-order valence-electron chi connectivity index (χ2n) is 5.19. The maximum Gasteiger partial charge on any atom is 0.163 e. The first kappa shape index (κ1) is 15.9. The van der Waals surface area contributed by atoms with Crippen LogP contribution in [0, 0.1) is 23.0 Å². The van der Waals surface area contributed by atoms with Crippen molar-refractivity contribution in [1.29, 1.82) is 5.26 Å². The van der Waals surface area contributed by atoms with Gasteiger partial charge in [0, 0.05) is 16.9 Å². The number of hydrogen-bond donors (Lipinski definition) is 1. The predicted octanol–water partition coefficient (Wildman–Crippen LogP) is 2.95. The maximum atomic E-state index is 13.7. The third-order valence-electron chi connectivity index (χ3n) is 2.49. The fourth-order valence-electron chi connectivity index (χ4n) is 1.39. The van der Waals surface area contributed by atoms with Gasteiger partial charge in [-0.2, -0.15) is 5.26 Å². The number of nitrogens with zero attached hydrogens (tertiary/aromatic N) is 1. The van der Waals surface area contributed by atoms with Crippen LogP contribution < -0.4 is 4.72 Å². The summed E-state index contributed by atoms with van der Waals surface area (Å²) in [4.78, 5) is 0. The number of halogens is 2. The van der Waals surface area contributed by atoms with Gasteiger partial charge in [-0.25, -0.2) is 8.78 Å². The lowest BCUT2D eigenvalue weighted by Gasteiger charge is -2.26. The SMILES string of the molecule is CC(N[S@@+]([O-])C(C)(C)C)c1cc(C#N)cc(F)c1F. The van der Waals surface area contributed by atoms with Gasteiger partial charge in [0.25, 0.3) is 0 Å². The van der Waals surface area contributed by atoms with Crippen LogP contribution in [0.15, 0.2) is 12.1 Å². The van der Waals surface area contributed by atoms with E-state index < -0.39 is 33.8 Å². The van der Waals surface area contributed by atoms with E-state index in [1.807, 2.05) is 0 Å². The van der Waals surface area contributed by atoms with Crippen molar-refractivity contribution < 1.29 is 13.3 Å². The molecule has 0 aliphatic heterocycles. The van der Waals surface area contributed by atoms with E-state index >= 15 is 0 Å². The molecule has 0 fully saturated rings. The van der Waals surface area contributed by atoms with Crippen LogP contribution in [0.1, 0.15) is 44.9 Å². The Morgan fingerprint density at radius 1 is 1.37 bits per heavy atom. The summed E-state index contributed by atoms with van der Waals surface area (Å²) in [5.41, 5.74) is 0.0261. The molecule has 1 aromatic rings. The van der Waals surface area contributed by atoms with Gasteiger partial charge in [0.05, 0.1) is 17.7 Å². The zero-order valence-corrected chi connectivity index (χ0v) is 12.1. The van der Waals surface area contributed by atoms with E-state index in [9.17, 15) is 13.3 Å². The van der Waals surface area contributed by atoms with Gasteiger partial charge in [-0.15, -0.1) is 4.72 Å². The van der Waals surface area contributed by atoms with Gasteiger partial charge >= 0.3 is 0 Å². The Morgan fingerprint density at radius 3 is 2.42 bits per heavy atom. The van der Waals surface area contributed by atoms with Crippen LogP contribution in [0.3, 0.4) is 0 Å². The summed E-state index contributed by atoms with van der Waals surface area (Å²) in [6, 6.07) is 3.20. The van der Waals surface area contributed by atoms with E-state index in [4.69, 9.17) is 5.26 Å². The first-order valence-electron chi connectivity index (χ1n) is 5.74. The molecule has 6 heteroatoms.